The summed E-state index contributed by atoms with van der Waals surface area (Å²) in [5.74, 6) is -0.244. The van der Waals surface area contributed by atoms with Crippen molar-refractivity contribution in [3.05, 3.63) is 35.9 Å². The van der Waals surface area contributed by atoms with Crippen LogP contribution >= 0.6 is 0 Å². The molecule has 16 heavy (non-hydrogen) atoms. The van der Waals surface area contributed by atoms with Crippen molar-refractivity contribution in [2.24, 2.45) is 0 Å². The molecule has 0 spiro atoms. The number of carbonyl (C=O) groups excluding carboxylic acids is 1. The lowest BCUT2D eigenvalue weighted by Gasteiger charge is -2.11. The smallest absolute Gasteiger partial charge is 0.303 e. The Kier molecular flexibility index (Phi) is 8.11. The van der Waals surface area contributed by atoms with Crippen LogP contribution in [0.5, 0.6) is 0 Å². The molecule has 1 rings (SSSR count). The van der Waals surface area contributed by atoms with Crippen LogP contribution in [-0.2, 0) is 9.53 Å². The maximum absolute atomic E-state index is 10.6. The second kappa shape index (κ2) is 8.88. The van der Waals surface area contributed by atoms with Gasteiger partial charge >= 0.3 is 5.97 Å². The van der Waals surface area contributed by atoms with E-state index in [2.05, 4.69) is 0 Å². The number of carbonyl (C=O) groups is 1. The van der Waals surface area contributed by atoms with Crippen LogP contribution in [0.1, 0.15) is 25.5 Å². The normalized spacial score (nSPS) is 11.0. The average molecular weight is 226 g/mol. The maximum atomic E-state index is 10.6. The number of benzene rings is 1. The zero-order valence-corrected chi connectivity index (χ0v) is 9.59. The van der Waals surface area contributed by atoms with Crippen molar-refractivity contribution in [1.29, 1.82) is 0 Å². The Balaban J connectivity index is 0.000000487. The summed E-state index contributed by atoms with van der Waals surface area (Å²) in [6.45, 7) is 3.02. The van der Waals surface area contributed by atoms with Gasteiger partial charge < -0.3 is 14.9 Å². The number of rotatable bonds is 3. The molecule has 0 aliphatic rings. The Morgan fingerprint density at radius 3 is 2.12 bits per heavy atom. The second-order valence-corrected chi connectivity index (χ2v) is 3.11. The summed E-state index contributed by atoms with van der Waals surface area (Å²) < 4.78 is 5.00. The van der Waals surface area contributed by atoms with Crippen LogP contribution in [0.15, 0.2) is 30.3 Å². The Bertz CT molecular complexity index is 282. The predicted octanol–water partition coefficient (Wildman–Crippen LogP) is 1.28. The first-order chi connectivity index (χ1) is 7.61. The van der Waals surface area contributed by atoms with Gasteiger partial charge in [-0.1, -0.05) is 30.3 Å². The number of aliphatic hydroxyl groups excluding tert-OH is 2. The van der Waals surface area contributed by atoms with Crippen LogP contribution in [0.3, 0.4) is 0 Å². The van der Waals surface area contributed by atoms with Crippen LogP contribution in [0, 0.1) is 0 Å². The summed E-state index contributed by atoms with van der Waals surface area (Å²) >= 11 is 0. The Morgan fingerprint density at radius 2 is 1.75 bits per heavy atom. The van der Waals surface area contributed by atoms with E-state index in [-0.39, 0.29) is 25.3 Å². The van der Waals surface area contributed by atoms with Crippen LogP contribution < -0.4 is 0 Å². The summed E-state index contributed by atoms with van der Waals surface area (Å²) in [5.41, 5.74) is 1.02. The molecule has 1 aromatic carbocycles. The number of hydrogen-bond acceptors (Lipinski definition) is 4. The molecule has 0 fully saturated rings. The van der Waals surface area contributed by atoms with Gasteiger partial charge in [0.1, 0.15) is 6.10 Å². The molecule has 0 aromatic heterocycles. The van der Waals surface area contributed by atoms with Crippen LogP contribution in [0.25, 0.3) is 0 Å². The fraction of sp³-hybridized carbons (Fsp3) is 0.417. The highest BCUT2D eigenvalue weighted by atomic mass is 16.5. The van der Waals surface area contributed by atoms with Gasteiger partial charge in [-0.05, 0) is 12.5 Å². The molecule has 0 bridgehead atoms. The first-order valence-corrected chi connectivity index (χ1v) is 5.05. The van der Waals surface area contributed by atoms with E-state index in [1.807, 2.05) is 37.3 Å². The number of aliphatic hydroxyl groups is 2. The fourth-order valence-corrected chi connectivity index (χ4v) is 1.04. The van der Waals surface area contributed by atoms with Gasteiger partial charge in [-0.3, -0.25) is 4.79 Å². The monoisotopic (exact) mass is 226 g/mol. The Labute approximate surface area is 95.5 Å². The van der Waals surface area contributed by atoms with Gasteiger partial charge in [0.15, 0.2) is 0 Å². The van der Waals surface area contributed by atoms with Crippen molar-refractivity contribution in [2.75, 3.05) is 13.2 Å². The summed E-state index contributed by atoms with van der Waals surface area (Å²) in [7, 11) is 0. The molecule has 1 aromatic rings. The average Bonchev–Trinajstić information content (AvgIpc) is 2.30. The molecular formula is C12H18O4. The second-order valence-electron chi connectivity index (χ2n) is 3.11. The topological polar surface area (TPSA) is 66.8 Å². The number of hydrogen-bond donors (Lipinski definition) is 2. The van der Waals surface area contributed by atoms with Crippen molar-refractivity contribution in [3.63, 3.8) is 0 Å². The van der Waals surface area contributed by atoms with E-state index < -0.39 is 0 Å². The van der Waals surface area contributed by atoms with Gasteiger partial charge in [-0.2, -0.15) is 0 Å². The predicted molar refractivity (Wildman–Crippen MR) is 60.8 cm³/mol. The molecule has 0 saturated heterocycles. The van der Waals surface area contributed by atoms with E-state index >= 15 is 0 Å². The summed E-state index contributed by atoms with van der Waals surface area (Å²) in [4.78, 5) is 10.6. The highest BCUT2D eigenvalue weighted by Crippen LogP contribution is 2.15. The summed E-state index contributed by atoms with van der Waals surface area (Å²) in [6, 6.07) is 9.66. The van der Waals surface area contributed by atoms with Crippen molar-refractivity contribution >= 4 is 5.97 Å². The molecule has 4 heteroatoms. The zero-order valence-electron chi connectivity index (χ0n) is 9.59. The van der Waals surface area contributed by atoms with Crippen molar-refractivity contribution in [2.45, 2.75) is 20.0 Å². The van der Waals surface area contributed by atoms with Gasteiger partial charge in [0.25, 0.3) is 0 Å². The molecule has 0 aliphatic heterocycles. The quantitative estimate of drug-likeness (QED) is 0.762. The molecular weight excluding hydrogens is 208 g/mol. The van der Waals surface area contributed by atoms with Crippen molar-refractivity contribution in [1.82, 2.24) is 0 Å². The van der Waals surface area contributed by atoms with Gasteiger partial charge in [-0.25, -0.2) is 0 Å². The van der Waals surface area contributed by atoms with Gasteiger partial charge in [0.2, 0.25) is 0 Å². The minimum Gasteiger partial charge on any atom is -0.458 e. The van der Waals surface area contributed by atoms with E-state index in [0.717, 1.165) is 5.56 Å². The van der Waals surface area contributed by atoms with Gasteiger partial charge in [0, 0.05) is 6.92 Å². The van der Waals surface area contributed by atoms with E-state index in [1.165, 1.54) is 6.92 Å². The SMILES string of the molecule is CC(=O)OC(C)c1ccccc1.OCCO. The minimum atomic E-state index is -0.244. The first kappa shape index (κ1) is 14.6. The largest absolute Gasteiger partial charge is 0.458 e. The molecule has 1 atom stereocenters. The molecule has 2 N–H and O–H groups in total. The summed E-state index contributed by atoms with van der Waals surface area (Å²) in [6.07, 6.45) is -0.149. The van der Waals surface area contributed by atoms with E-state index in [1.54, 1.807) is 0 Å². The maximum Gasteiger partial charge on any atom is 0.303 e. The Morgan fingerprint density at radius 1 is 1.25 bits per heavy atom. The lowest BCUT2D eigenvalue weighted by Crippen LogP contribution is -2.04. The molecule has 0 amide bonds. The third-order valence-electron chi connectivity index (χ3n) is 1.71. The third-order valence-corrected chi connectivity index (χ3v) is 1.71. The molecule has 0 aliphatic carbocycles. The molecule has 0 radical (unpaired) electrons. The Hall–Kier alpha value is -1.39. The van der Waals surface area contributed by atoms with E-state index in [4.69, 9.17) is 14.9 Å². The third kappa shape index (κ3) is 6.98. The number of ether oxygens (including phenoxy) is 1. The fourth-order valence-electron chi connectivity index (χ4n) is 1.04. The van der Waals surface area contributed by atoms with Gasteiger partial charge in [-0.15, -0.1) is 0 Å². The van der Waals surface area contributed by atoms with Crippen LogP contribution in [-0.4, -0.2) is 29.4 Å². The molecule has 0 heterocycles. The lowest BCUT2D eigenvalue weighted by molar-refractivity contribution is -0.145. The first-order valence-electron chi connectivity index (χ1n) is 5.05. The molecule has 90 valence electrons. The molecule has 4 nitrogen and oxygen atoms in total. The van der Waals surface area contributed by atoms with E-state index in [0.29, 0.717) is 0 Å². The highest BCUT2D eigenvalue weighted by molar-refractivity contribution is 5.66. The lowest BCUT2D eigenvalue weighted by atomic mass is 10.1. The summed E-state index contributed by atoms with van der Waals surface area (Å²) in [5, 5.41) is 15.2. The van der Waals surface area contributed by atoms with E-state index in [9.17, 15) is 4.79 Å². The minimum absolute atomic E-state index is 0.125. The molecule has 0 saturated carbocycles. The van der Waals surface area contributed by atoms with Crippen molar-refractivity contribution in [3.8, 4) is 0 Å². The van der Waals surface area contributed by atoms with Gasteiger partial charge in [0.05, 0.1) is 13.2 Å². The molecule has 1 unspecified atom stereocenters. The number of esters is 1. The highest BCUT2D eigenvalue weighted by Gasteiger charge is 2.06. The van der Waals surface area contributed by atoms with Crippen molar-refractivity contribution < 1.29 is 19.7 Å². The standard InChI is InChI=1S/C10H12O2.C2H6O2/c1-8(12-9(2)11)10-6-4-3-5-7-10;3-1-2-4/h3-8H,1-2H3;3-4H,1-2H2. The van der Waals surface area contributed by atoms with Crippen LogP contribution in [0.4, 0.5) is 0 Å². The zero-order chi connectivity index (χ0) is 12.4. The van der Waals surface area contributed by atoms with Crippen LogP contribution in [0.2, 0.25) is 0 Å².